The molecule has 0 radical (unpaired) electrons. The quantitative estimate of drug-likeness (QED) is 0.670. The molecule has 1 fully saturated rings. The van der Waals surface area contributed by atoms with E-state index < -0.39 is 0 Å². The van der Waals surface area contributed by atoms with Crippen LogP contribution in [0.1, 0.15) is 6.42 Å². The van der Waals surface area contributed by atoms with Crippen molar-refractivity contribution in [3.8, 4) is 0 Å². The Morgan fingerprint density at radius 2 is 2.33 bits per heavy atom. The van der Waals surface area contributed by atoms with E-state index in [4.69, 9.17) is 10.5 Å². The van der Waals surface area contributed by atoms with E-state index in [2.05, 4.69) is 46.7 Å². The largest absolute Gasteiger partial charge is 0.397 e. The summed E-state index contributed by atoms with van der Waals surface area (Å²) < 4.78 is 6.55. The minimum atomic E-state index is 0.465. The Labute approximate surface area is 104 Å². The number of nitrogens with zero attached hydrogens (tertiary/aromatic N) is 1. The molecule has 1 aliphatic rings. The highest BCUT2D eigenvalue weighted by Gasteiger charge is 2.21. The highest BCUT2D eigenvalue weighted by molar-refractivity contribution is 14.1. The number of hydrogen-bond donors (Lipinski definition) is 1. The van der Waals surface area contributed by atoms with E-state index in [-0.39, 0.29) is 0 Å². The summed E-state index contributed by atoms with van der Waals surface area (Å²) in [7, 11) is 2.08. The maximum absolute atomic E-state index is 6.00. The molecule has 0 amide bonds. The van der Waals surface area contributed by atoms with Crippen LogP contribution in [0.3, 0.4) is 0 Å². The Kier molecular flexibility index (Phi) is 3.35. The van der Waals surface area contributed by atoms with Gasteiger partial charge in [-0.3, -0.25) is 0 Å². The summed E-state index contributed by atoms with van der Waals surface area (Å²) in [6.45, 7) is 1.67. The van der Waals surface area contributed by atoms with Gasteiger partial charge in [-0.25, -0.2) is 0 Å². The second-order valence-corrected chi connectivity index (χ2v) is 5.08. The van der Waals surface area contributed by atoms with Gasteiger partial charge in [-0.2, -0.15) is 0 Å². The summed E-state index contributed by atoms with van der Waals surface area (Å²) in [6.07, 6.45) is 1.09. The number of hydrogen-bond acceptors (Lipinski definition) is 3. The molecule has 0 saturated carbocycles. The maximum Gasteiger partial charge on any atom is 0.0670 e. The van der Waals surface area contributed by atoms with Crippen LogP contribution < -0.4 is 10.6 Å². The Morgan fingerprint density at radius 3 is 2.93 bits per heavy atom. The van der Waals surface area contributed by atoms with Crippen molar-refractivity contribution in [3.63, 3.8) is 0 Å². The molecule has 15 heavy (non-hydrogen) atoms. The molecule has 2 rings (SSSR count). The summed E-state index contributed by atoms with van der Waals surface area (Å²) in [6, 6.07) is 6.63. The van der Waals surface area contributed by atoms with Crippen molar-refractivity contribution >= 4 is 34.0 Å². The van der Waals surface area contributed by atoms with E-state index in [1.165, 1.54) is 3.57 Å². The van der Waals surface area contributed by atoms with Crippen LogP contribution in [0.15, 0.2) is 18.2 Å². The van der Waals surface area contributed by atoms with Gasteiger partial charge < -0.3 is 15.4 Å². The van der Waals surface area contributed by atoms with Crippen molar-refractivity contribution in [2.45, 2.75) is 12.5 Å². The number of halogens is 1. The molecule has 1 saturated heterocycles. The molecule has 1 unspecified atom stereocenters. The van der Waals surface area contributed by atoms with Crippen LogP contribution in [0.2, 0.25) is 0 Å². The first-order valence-corrected chi connectivity index (χ1v) is 6.12. The maximum atomic E-state index is 6.00. The van der Waals surface area contributed by atoms with Gasteiger partial charge in [0.1, 0.15) is 0 Å². The molecule has 0 spiro atoms. The van der Waals surface area contributed by atoms with Crippen LogP contribution in [-0.4, -0.2) is 26.3 Å². The van der Waals surface area contributed by atoms with Crippen LogP contribution in [0.25, 0.3) is 0 Å². The lowest BCUT2D eigenvalue weighted by atomic mass is 10.2. The number of ether oxygens (including phenoxy) is 1. The fourth-order valence-electron chi connectivity index (χ4n) is 1.87. The molecule has 4 heteroatoms. The van der Waals surface area contributed by atoms with E-state index in [9.17, 15) is 0 Å². The van der Waals surface area contributed by atoms with Crippen molar-refractivity contribution in [1.29, 1.82) is 0 Å². The first kappa shape index (κ1) is 11.0. The van der Waals surface area contributed by atoms with Crippen molar-refractivity contribution < 1.29 is 4.74 Å². The summed E-state index contributed by atoms with van der Waals surface area (Å²) in [5, 5.41) is 0. The number of benzene rings is 1. The minimum Gasteiger partial charge on any atom is -0.397 e. The van der Waals surface area contributed by atoms with Gasteiger partial charge in [0.15, 0.2) is 0 Å². The van der Waals surface area contributed by atoms with Crippen LogP contribution >= 0.6 is 22.6 Å². The molecule has 0 bridgehead atoms. The van der Waals surface area contributed by atoms with Gasteiger partial charge in [-0.05, 0) is 47.2 Å². The van der Waals surface area contributed by atoms with Gasteiger partial charge in [0.25, 0.3) is 0 Å². The van der Waals surface area contributed by atoms with Gasteiger partial charge in [0, 0.05) is 17.2 Å². The summed E-state index contributed by atoms with van der Waals surface area (Å²) in [5.74, 6) is 0. The van der Waals surface area contributed by atoms with Gasteiger partial charge in [0.2, 0.25) is 0 Å². The highest BCUT2D eigenvalue weighted by Crippen LogP contribution is 2.27. The first-order valence-electron chi connectivity index (χ1n) is 5.04. The third-order valence-corrected chi connectivity index (χ3v) is 3.49. The second kappa shape index (κ2) is 4.57. The average molecular weight is 318 g/mol. The normalized spacial score (nSPS) is 20.5. The molecule has 82 valence electrons. The smallest absolute Gasteiger partial charge is 0.0670 e. The van der Waals surface area contributed by atoms with E-state index >= 15 is 0 Å². The number of likely N-dealkylation sites (N-methyl/N-ethyl adjacent to an activating group) is 1. The molecule has 1 heterocycles. The molecule has 2 N–H and O–H groups in total. The third kappa shape index (κ3) is 2.36. The number of rotatable bonds is 2. The van der Waals surface area contributed by atoms with E-state index in [1.54, 1.807) is 0 Å². The Bertz CT molecular complexity index is 350. The standard InChI is InChI=1S/C11H15IN2O/c1-14(9-4-5-15-7-9)11-3-2-8(12)6-10(11)13/h2-3,6,9H,4-5,7,13H2,1H3. The first-order chi connectivity index (χ1) is 7.18. The molecular formula is C11H15IN2O. The second-order valence-electron chi connectivity index (χ2n) is 3.83. The van der Waals surface area contributed by atoms with E-state index in [1.807, 2.05) is 6.07 Å². The highest BCUT2D eigenvalue weighted by atomic mass is 127. The van der Waals surface area contributed by atoms with Gasteiger partial charge >= 0.3 is 0 Å². The number of anilines is 2. The third-order valence-electron chi connectivity index (χ3n) is 2.82. The summed E-state index contributed by atoms with van der Waals surface area (Å²) in [4.78, 5) is 2.22. The van der Waals surface area contributed by atoms with E-state index in [0.717, 1.165) is 31.0 Å². The van der Waals surface area contributed by atoms with Gasteiger partial charge in [-0.1, -0.05) is 0 Å². The molecule has 3 nitrogen and oxygen atoms in total. The minimum absolute atomic E-state index is 0.465. The summed E-state index contributed by atoms with van der Waals surface area (Å²) >= 11 is 2.27. The predicted molar refractivity (Wildman–Crippen MR) is 71.2 cm³/mol. The SMILES string of the molecule is CN(c1ccc(I)cc1N)C1CCOC1. The van der Waals surface area contributed by atoms with Crippen molar-refractivity contribution in [3.05, 3.63) is 21.8 Å². The van der Waals surface area contributed by atoms with Crippen LogP contribution in [0.5, 0.6) is 0 Å². The Morgan fingerprint density at radius 1 is 1.53 bits per heavy atom. The van der Waals surface area contributed by atoms with Gasteiger partial charge in [-0.15, -0.1) is 0 Å². The lowest BCUT2D eigenvalue weighted by Gasteiger charge is -2.26. The predicted octanol–water partition coefficient (Wildman–Crippen LogP) is 2.10. The van der Waals surface area contributed by atoms with Crippen LogP contribution in [0, 0.1) is 3.57 Å². The molecule has 1 atom stereocenters. The van der Waals surface area contributed by atoms with Crippen molar-refractivity contribution in [1.82, 2.24) is 0 Å². The zero-order chi connectivity index (χ0) is 10.8. The lowest BCUT2D eigenvalue weighted by molar-refractivity contribution is 0.193. The molecular weight excluding hydrogens is 303 g/mol. The zero-order valence-corrected chi connectivity index (χ0v) is 10.9. The monoisotopic (exact) mass is 318 g/mol. The molecule has 1 aromatic rings. The number of nitrogen functional groups attached to an aromatic ring is 1. The average Bonchev–Trinajstić information content (AvgIpc) is 2.69. The van der Waals surface area contributed by atoms with Gasteiger partial charge in [0.05, 0.1) is 24.0 Å². The molecule has 1 aliphatic heterocycles. The fourth-order valence-corrected chi connectivity index (χ4v) is 2.39. The Hall–Kier alpha value is -0.490. The molecule has 0 aromatic heterocycles. The van der Waals surface area contributed by atoms with Crippen LogP contribution in [-0.2, 0) is 4.74 Å². The topological polar surface area (TPSA) is 38.5 Å². The number of nitrogens with two attached hydrogens (primary N) is 1. The lowest BCUT2D eigenvalue weighted by Crippen LogP contribution is -2.32. The fraction of sp³-hybridized carbons (Fsp3) is 0.455. The molecule has 0 aliphatic carbocycles. The van der Waals surface area contributed by atoms with Crippen LogP contribution in [0.4, 0.5) is 11.4 Å². The van der Waals surface area contributed by atoms with E-state index in [0.29, 0.717) is 6.04 Å². The Balaban J connectivity index is 2.20. The van der Waals surface area contributed by atoms with Crippen molar-refractivity contribution in [2.24, 2.45) is 0 Å². The summed E-state index contributed by atoms with van der Waals surface area (Å²) in [5.41, 5.74) is 7.95. The zero-order valence-electron chi connectivity index (χ0n) is 8.74. The van der Waals surface area contributed by atoms with Crippen molar-refractivity contribution in [2.75, 3.05) is 30.9 Å². The molecule has 1 aromatic carbocycles.